The summed E-state index contributed by atoms with van der Waals surface area (Å²) in [5.41, 5.74) is 7.79. The number of halogens is 1. The smallest absolute Gasteiger partial charge is 0.394 e. The normalized spacial score (nSPS) is 11.4. The van der Waals surface area contributed by atoms with Crippen molar-refractivity contribution < 1.29 is 52.9 Å². The van der Waals surface area contributed by atoms with Gasteiger partial charge in [0.05, 0.1) is 14.2 Å². The van der Waals surface area contributed by atoms with E-state index in [2.05, 4.69) is 36.1 Å². The van der Waals surface area contributed by atoms with E-state index < -0.39 is 41.7 Å². The molecule has 0 radical (unpaired) electrons. The molecule has 2 atom stereocenters. The lowest BCUT2D eigenvalue weighted by Crippen LogP contribution is -2.44. The Hall–Kier alpha value is -5.55. The number of nitrogens with two attached hydrogens (primary N) is 1. The fraction of sp³-hybridized carbons (Fsp3) is 0.444. The van der Waals surface area contributed by atoms with Gasteiger partial charge in [-0.15, -0.1) is 12.4 Å². The minimum Gasteiger partial charge on any atom is -0.474 e. The number of amides is 5. The summed E-state index contributed by atoms with van der Waals surface area (Å²) >= 11 is 0. The molecule has 54 heavy (non-hydrogen) atoms. The lowest BCUT2D eigenvalue weighted by Gasteiger charge is -2.24. The van der Waals surface area contributed by atoms with Gasteiger partial charge in [0.1, 0.15) is 12.1 Å². The lowest BCUT2D eigenvalue weighted by atomic mass is 9.85. The van der Waals surface area contributed by atoms with Gasteiger partial charge in [0, 0.05) is 36.6 Å². The van der Waals surface area contributed by atoms with E-state index in [0.717, 1.165) is 11.1 Å². The summed E-state index contributed by atoms with van der Waals surface area (Å²) in [5, 5.41) is 21.0. The number of hydrogen-bond donors (Lipinski definition) is 7. The molecular formula is C36H53ClN6O11. The lowest BCUT2D eigenvalue weighted by molar-refractivity contribution is -0.147. The molecule has 0 spiro atoms. The number of nitrogens with one attached hydrogen (secondary N) is 5. The van der Waals surface area contributed by atoms with Crippen LogP contribution < -0.4 is 32.3 Å². The van der Waals surface area contributed by atoms with Crippen LogP contribution in [0.5, 0.6) is 0 Å². The SMILES string of the molecule is CC(=O)Nc1ccc(C(C)(C)C)c(NC(=O)C(=O)O)c1.COC(=O)C(C)N.COC(=O)C(C)NC(=O)C(=O)Nc1cc(NC(C)=O)ccc1C(C)(C)C.Cl. The van der Waals surface area contributed by atoms with Crippen LogP contribution in [0.15, 0.2) is 36.4 Å². The molecule has 0 aliphatic carbocycles. The Morgan fingerprint density at radius 1 is 0.630 bits per heavy atom. The number of carbonyl (C=O) groups is 8. The summed E-state index contributed by atoms with van der Waals surface area (Å²) in [6, 6.07) is 8.63. The highest BCUT2D eigenvalue weighted by molar-refractivity contribution is 6.40. The number of anilines is 4. The Bertz CT molecular complexity index is 1680. The molecule has 5 amide bonds. The molecule has 0 fully saturated rings. The Kier molecular flexibility index (Phi) is 21.1. The van der Waals surface area contributed by atoms with Crippen molar-refractivity contribution in [1.29, 1.82) is 0 Å². The minimum atomic E-state index is -1.56. The van der Waals surface area contributed by atoms with Crippen molar-refractivity contribution >= 4 is 82.6 Å². The molecule has 2 aromatic rings. The quantitative estimate of drug-likeness (QED) is 0.157. The predicted octanol–water partition coefficient (Wildman–Crippen LogP) is 3.45. The summed E-state index contributed by atoms with van der Waals surface area (Å²) in [6.07, 6.45) is 0. The maximum absolute atomic E-state index is 12.2. The van der Waals surface area contributed by atoms with Gasteiger partial charge in [-0.2, -0.15) is 0 Å². The first kappa shape index (κ1) is 50.6. The van der Waals surface area contributed by atoms with Gasteiger partial charge in [-0.3, -0.25) is 28.8 Å². The van der Waals surface area contributed by atoms with Crippen LogP contribution in [0.1, 0.15) is 80.4 Å². The highest BCUT2D eigenvalue weighted by atomic mass is 35.5. The van der Waals surface area contributed by atoms with Crippen molar-refractivity contribution in [3.8, 4) is 0 Å². The van der Waals surface area contributed by atoms with Crippen molar-refractivity contribution in [2.45, 2.75) is 92.2 Å². The van der Waals surface area contributed by atoms with Crippen LogP contribution in [0.25, 0.3) is 0 Å². The van der Waals surface area contributed by atoms with Gasteiger partial charge in [0.15, 0.2) is 0 Å². The molecule has 0 bridgehead atoms. The summed E-state index contributed by atoms with van der Waals surface area (Å²) < 4.78 is 8.75. The van der Waals surface area contributed by atoms with E-state index >= 15 is 0 Å². The second-order valence-electron chi connectivity index (χ2n) is 13.6. The molecule has 0 saturated heterocycles. The molecule has 0 aliphatic rings. The monoisotopic (exact) mass is 780 g/mol. The van der Waals surface area contributed by atoms with E-state index in [9.17, 15) is 38.4 Å². The van der Waals surface area contributed by atoms with Crippen molar-refractivity contribution in [2.75, 3.05) is 35.5 Å². The fourth-order valence-electron chi connectivity index (χ4n) is 4.20. The molecule has 0 saturated carbocycles. The van der Waals surface area contributed by atoms with Gasteiger partial charge in [0.25, 0.3) is 0 Å². The number of benzene rings is 2. The number of carboxylic acids is 1. The Morgan fingerprint density at radius 3 is 1.28 bits per heavy atom. The third-order valence-corrected chi connectivity index (χ3v) is 6.67. The van der Waals surface area contributed by atoms with Crippen molar-refractivity contribution in [1.82, 2.24) is 5.32 Å². The number of carbonyl (C=O) groups excluding carboxylic acids is 7. The maximum Gasteiger partial charge on any atom is 0.394 e. The predicted molar refractivity (Wildman–Crippen MR) is 206 cm³/mol. The van der Waals surface area contributed by atoms with Gasteiger partial charge in [-0.1, -0.05) is 53.7 Å². The number of esters is 2. The Balaban J connectivity index is 0. The van der Waals surface area contributed by atoms with Crippen LogP contribution in [0.2, 0.25) is 0 Å². The van der Waals surface area contributed by atoms with Crippen LogP contribution in [-0.4, -0.2) is 78.9 Å². The second-order valence-corrected chi connectivity index (χ2v) is 13.6. The largest absolute Gasteiger partial charge is 0.474 e. The Labute approximate surface area is 321 Å². The molecule has 0 aliphatic heterocycles. The summed E-state index contributed by atoms with van der Waals surface area (Å²) in [4.78, 5) is 90.0. The van der Waals surface area contributed by atoms with E-state index in [1.165, 1.54) is 35.0 Å². The summed E-state index contributed by atoms with van der Waals surface area (Å²) in [7, 11) is 2.50. The first-order chi connectivity index (χ1) is 24.2. The van der Waals surface area contributed by atoms with Crippen LogP contribution in [0, 0.1) is 0 Å². The van der Waals surface area contributed by atoms with Crippen molar-refractivity contribution in [3.63, 3.8) is 0 Å². The zero-order valence-corrected chi connectivity index (χ0v) is 33.5. The topological polar surface area (TPSA) is 261 Å². The molecule has 2 aromatic carbocycles. The van der Waals surface area contributed by atoms with Gasteiger partial charge < -0.3 is 46.9 Å². The average Bonchev–Trinajstić information content (AvgIpc) is 3.02. The van der Waals surface area contributed by atoms with E-state index in [0.29, 0.717) is 22.7 Å². The standard InChI is InChI=1S/C18H25N3O5.C14H18N2O4.C4H9NO2.ClH/c1-10(17(25)26-6)19-15(23)16(24)21-14-9-12(20-11(2)22)7-8-13(14)18(3,4)5;1-8(17)15-9-5-6-10(14(2,3)4)11(7-9)16-12(18)13(19)20;1-3(5)4(6)7-2;/h7-10H,1-6H3,(H,19,23)(H,20,22)(H,21,24);5-7H,1-4H3,(H,15,17)(H,16,18)(H,19,20);3H,5H2,1-2H3;1H. The fourth-order valence-corrected chi connectivity index (χ4v) is 4.20. The molecule has 17 nitrogen and oxygen atoms in total. The van der Waals surface area contributed by atoms with Crippen LogP contribution in [0.4, 0.5) is 22.7 Å². The number of aliphatic carboxylic acids is 1. The molecule has 18 heteroatoms. The summed E-state index contributed by atoms with van der Waals surface area (Å²) in [5.74, 6) is -6.10. The number of hydrogen-bond acceptors (Lipinski definition) is 11. The van der Waals surface area contributed by atoms with E-state index in [4.69, 9.17) is 10.8 Å². The maximum atomic E-state index is 12.2. The van der Waals surface area contributed by atoms with Crippen LogP contribution >= 0.6 is 12.4 Å². The highest BCUT2D eigenvalue weighted by Crippen LogP contribution is 2.33. The molecular weight excluding hydrogens is 728 g/mol. The second kappa shape index (κ2) is 22.5. The number of rotatable bonds is 7. The van der Waals surface area contributed by atoms with Crippen molar-refractivity contribution in [3.05, 3.63) is 47.5 Å². The molecule has 8 N–H and O–H groups in total. The first-order valence-electron chi connectivity index (χ1n) is 16.2. The number of ether oxygens (including phenoxy) is 2. The molecule has 2 rings (SSSR count). The van der Waals surface area contributed by atoms with Crippen LogP contribution in [-0.2, 0) is 58.7 Å². The average molecular weight is 781 g/mol. The van der Waals surface area contributed by atoms with E-state index in [1.54, 1.807) is 43.3 Å². The third kappa shape index (κ3) is 18.3. The van der Waals surface area contributed by atoms with E-state index in [-0.39, 0.29) is 41.0 Å². The Morgan fingerprint density at radius 2 is 1.00 bits per heavy atom. The zero-order chi connectivity index (χ0) is 41.4. The minimum absolute atomic E-state index is 0. The molecule has 0 aromatic heterocycles. The zero-order valence-electron chi connectivity index (χ0n) is 32.6. The van der Waals surface area contributed by atoms with E-state index in [1.807, 2.05) is 41.5 Å². The van der Waals surface area contributed by atoms with Gasteiger partial charge in [-0.25, -0.2) is 9.59 Å². The van der Waals surface area contributed by atoms with Gasteiger partial charge in [-0.05, 0) is 60.1 Å². The number of carboxylic acid groups (broad SMARTS) is 1. The first-order valence-corrected chi connectivity index (χ1v) is 16.2. The molecule has 2 unspecified atom stereocenters. The van der Waals surface area contributed by atoms with Crippen molar-refractivity contribution in [2.24, 2.45) is 5.73 Å². The molecule has 300 valence electrons. The summed E-state index contributed by atoms with van der Waals surface area (Å²) in [6.45, 7) is 17.4. The number of methoxy groups -OCH3 is 2. The van der Waals surface area contributed by atoms with Gasteiger partial charge >= 0.3 is 35.6 Å². The van der Waals surface area contributed by atoms with Crippen LogP contribution in [0.3, 0.4) is 0 Å². The third-order valence-electron chi connectivity index (χ3n) is 6.67. The highest BCUT2D eigenvalue weighted by Gasteiger charge is 2.25. The molecule has 0 heterocycles. The van der Waals surface area contributed by atoms with Gasteiger partial charge in [0.2, 0.25) is 11.8 Å².